The summed E-state index contributed by atoms with van der Waals surface area (Å²) in [4.78, 5) is 9.89. The lowest BCUT2D eigenvalue weighted by Gasteiger charge is -1.90. The summed E-state index contributed by atoms with van der Waals surface area (Å²) in [7, 11) is -1.44. The molecule has 1 N–H and O–H groups in total. The average Bonchev–Trinajstić information content (AvgIpc) is 1.63. The van der Waals surface area contributed by atoms with Gasteiger partial charge in [-0.3, -0.25) is 4.79 Å². The lowest BCUT2D eigenvalue weighted by Crippen LogP contribution is -1.94. The molecule has 0 aliphatic heterocycles. The molecule has 0 fully saturated rings. The van der Waals surface area contributed by atoms with E-state index in [4.69, 9.17) is 5.11 Å². The fourth-order valence-electron chi connectivity index (χ4n) is 0.489. The van der Waals surface area contributed by atoms with E-state index in [1.807, 2.05) is 0 Å². The van der Waals surface area contributed by atoms with Crippen molar-refractivity contribution in [2.24, 2.45) is 0 Å². The number of carboxylic acids is 1. The van der Waals surface area contributed by atoms with Crippen LogP contribution >= 0.6 is 7.80 Å². The maximum absolute atomic E-state index is 10.4. The first-order valence-corrected chi connectivity index (χ1v) is 4.95. The Hall–Kier alpha value is -0.300. The molecule has 4 heteroatoms. The Morgan fingerprint density at radius 3 is 2.56 bits per heavy atom. The van der Waals surface area contributed by atoms with Crippen molar-refractivity contribution in [1.29, 1.82) is 0 Å². The molecule has 0 aliphatic carbocycles. The van der Waals surface area contributed by atoms with Gasteiger partial charge in [0.25, 0.3) is 0 Å². The number of carbonyl (C=O) groups is 1. The largest absolute Gasteiger partial charge is 0.481 e. The zero-order valence-corrected chi connectivity index (χ0v) is 6.39. The van der Waals surface area contributed by atoms with Crippen LogP contribution < -0.4 is 0 Å². The zero-order chi connectivity index (χ0) is 7.28. The Labute approximate surface area is 54.9 Å². The highest BCUT2D eigenvalue weighted by Gasteiger charge is 1.96. The first kappa shape index (κ1) is 8.70. The van der Waals surface area contributed by atoms with Crippen LogP contribution in [0.3, 0.4) is 0 Å². The Bertz CT molecular complexity index is 107. The molecular formula is C5H11O3P. The van der Waals surface area contributed by atoms with Crippen molar-refractivity contribution < 1.29 is 14.5 Å². The predicted octanol–water partition coefficient (Wildman–Crippen LogP) is 1.04. The second-order valence-corrected chi connectivity index (χ2v) is 3.85. The van der Waals surface area contributed by atoms with E-state index in [1.165, 1.54) is 0 Å². The van der Waals surface area contributed by atoms with E-state index in [0.29, 0.717) is 12.6 Å². The maximum Gasteiger partial charge on any atom is 0.303 e. The van der Waals surface area contributed by atoms with Crippen LogP contribution in [0.5, 0.6) is 0 Å². The van der Waals surface area contributed by atoms with Gasteiger partial charge in [0.1, 0.15) is 0 Å². The number of rotatable bonds is 4. The Balaban J connectivity index is 3.10. The van der Waals surface area contributed by atoms with E-state index in [0.717, 1.165) is 0 Å². The van der Waals surface area contributed by atoms with Gasteiger partial charge in [0, 0.05) is 6.42 Å². The molecule has 9 heavy (non-hydrogen) atoms. The molecule has 0 aliphatic rings. The van der Waals surface area contributed by atoms with Gasteiger partial charge in [-0.05, 0) is 19.2 Å². The number of aliphatic carboxylic acids is 1. The summed E-state index contributed by atoms with van der Waals surface area (Å²) >= 11 is 0. The molecule has 54 valence electrons. The molecule has 0 aromatic heterocycles. The third-order valence-electron chi connectivity index (χ3n) is 0.919. The van der Waals surface area contributed by atoms with Crippen molar-refractivity contribution in [3.05, 3.63) is 0 Å². The minimum atomic E-state index is -1.44. The third kappa shape index (κ3) is 7.70. The van der Waals surface area contributed by atoms with E-state index in [2.05, 4.69) is 0 Å². The second-order valence-electron chi connectivity index (χ2n) is 1.95. The highest BCUT2D eigenvalue weighted by molar-refractivity contribution is 7.43. The van der Waals surface area contributed by atoms with Gasteiger partial charge in [-0.1, -0.05) is 0 Å². The van der Waals surface area contributed by atoms with E-state index in [-0.39, 0.29) is 6.42 Å². The zero-order valence-electron chi connectivity index (χ0n) is 5.39. The molecule has 0 heterocycles. The van der Waals surface area contributed by atoms with Gasteiger partial charge in [0.15, 0.2) is 0 Å². The third-order valence-corrected chi connectivity index (χ3v) is 1.98. The van der Waals surface area contributed by atoms with E-state index < -0.39 is 13.8 Å². The van der Waals surface area contributed by atoms with Crippen LogP contribution in [0.1, 0.15) is 12.8 Å². The lowest BCUT2D eigenvalue weighted by molar-refractivity contribution is -0.137. The molecule has 0 spiro atoms. The SMILES string of the molecule is C[PH](=O)CCCC(=O)O. The molecule has 0 radical (unpaired) electrons. The summed E-state index contributed by atoms with van der Waals surface area (Å²) in [6.45, 7) is 1.65. The van der Waals surface area contributed by atoms with Crippen LogP contribution in [0.2, 0.25) is 0 Å². The summed E-state index contributed by atoms with van der Waals surface area (Å²) in [6, 6.07) is 0. The fraction of sp³-hybridized carbons (Fsp3) is 0.800. The quantitative estimate of drug-likeness (QED) is 0.609. The molecule has 1 unspecified atom stereocenters. The molecule has 0 aromatic carbocycles. The normalized spacial score (nSPS) is 13.0. The van der Waals surface area contributed by atoms with E-state index >= 15 is 0 Å². The Kier molecular flexibility index (Phi) is 4.41. The standard InChI is InChI=1S/C5H11O3P/c1-9(8)4-2-3-5(6)7/h9H,2-4H2,1H3,(H,6,7). The van der Waals surface area contributed by atoms with Gasteiger partial charge < -0.3 is 9.67 Å². The number of hydrogen-bond donors (Lipinski definition) is 1. The van der Waals surface area contributed by atoms with Crippen LogP contribution in [-0.4, -0.2) is 23.9 Å². The van der Waals surface area contributed by atoms with Crippen molar-refractivity contribution in [2.45, 2.75) is 12.8 Å². The van der Waals surface area contributed by atoms with E-state index in [9.17, 15) is 9.36 Å². The summed E-state index contributed by atoms with van der Waals surface area (Å²) in [5, 5.41) is 8.14. The number of hydrogen-bond acceptors (Lipinski definition) is 2. The maximum atomic E-state index is 10.4. The molecule has 0 rings (SSSR count). The van der Waals surface area contributed by atoms with Gasteiger partial charge in [-0.15, -0.1) is 0 Å². The first-order valence-electron chi connectivity index (χ1n) is 2.84. The van der Waals surface area contributed by atoms with Crippen molar-refractivity contribution in [3.63, 3.8) is 0 Å². The average molecular weight is 150 g/mol. The van der Waals surface area contributed by atoms with Crippen LogP contribution in [-0.2, 0) is 9.36 Å². The van der Waals surface area contributed by atoms with E-state index in [1.54, 1.807) is 6.66 Å². The van der Waals surface area contributed by atoms with Crippen molar-refractivity contribution >= 4 is 13.8 Å². The smallest absolute Gasteiger partial charge is 0.303 e. The van der Waals surface area contributed by atoms with Gasteiger partial charge in [-0.25, -0.2) is 0 Å². The number of carboxylic acid groups (broad SMARTS) is 1. The molecule has 1 atom stereocenters. The second kappa shape index (κ2) is 4.57. The predicted molar refractivity (Wildman–Crippen MR) is 36.7 cm³/mol. The summed E-state index contributed by atoms with van der Waals surface area (Å²) in [5.41, 5.74) is 0. The molecular weight excluding hydrogens is 139 g/mol. The minimum absolute atomic E-state index is 0.143. The summed E-state index contributed by atoms with van der Waals surface area (Å²) in [5.74, 6) is -0.807. The molecule has 0 amide bonds. The lowest BCUT2D eigenvalue weighted by atomic mass is 10.3. The first-order chi connectivity index (χ1) is 4.13. The van der Waals surface area contributed by atoms with Gasteiger partial charge in [0.2, 0.25) is 0 Å². The summed E-state index contributed by atoms with van der Waals surface area (Å²) < 4.78 is 10.4. The monoisotopic (exact) mass is 150 g/mol. The van der Waals surface area contributed by atoms with Crippen LogP contribution in [0.4, 0.5) is 0 Å². The van der Waals surface area contributed by atoms with Crippen LogP contribution in [0.15, 0.2) is 0 Å². The summed E-state index contributed by atoms with van der Waals surface area (Å²) in [6.07, 6.45) is 1.25. The van der Waals surface area contributed by atoms with Crippen LogP contribution in [0, 0.1) is 0 Å². The van der Waals surface area contributed by atoms with Crippen LogP contribution in [0.25, 0.3) is 0 Å². The molecule has 0 bridgehead atoms. The molecule has 0 saturated heterocycles. The Morgan fingerprint density at radius 1 is 1.67 bits per heavy atom. The highest BCUT2D eigenvalue weighted by Crippen LogP contribution is 2.15. The van der Waals surface area contributed by atoms with Crippen molar-refractivity contribution in [1.82, 2.24) is 0 Å². The fourth-order valence-corrected chi connectivity index (χ4v) is 1.16. The highest BCUT2D eigenvalue weighted by atomic mass is 31.1. The van der Waals surface area contributed by atoms with Gasteiger partial charge >= 0.3 is 5.97 Å². The van der Waals surface area contributed by atoms with Crippen molar-refractivity contribution in [3.8, 4) is 0 Å². The van der Waals surface area contributed by atoms with Crippen molar-refractivity contribution in [2.75, 3.05) is 12.8 Å². The molecule has 0 saturated carbocycles. The Morgan fingerprint density at radius 2 is 2.22 bits per heavy atom. The topological polar surface area (TPSA) is 54.4 Å². The van der Waals surface area contributed by atoms with Gasteiger partial charge in [0.05, 0.1) is 7.80 Å². The molecule has 3 nitrogen and oxygen atoms in total. The minimum Gasteiger partial charge on any atom is -0.481 e. The molecule has 0 aromatic rings. The van der Waals surface area contributed by atoms with Gasteiger partial charge in [-0.2, -0.15) is 0 Å².